The number of hydrogen-bond acceptors (Lipinski definition) is 2. The molecule has 2 nitrogen and oxygen atoms in total. The summed E-state index contributed by atoms with van der Waals surface area (Å²) in [5.74, 6) is 0.187. The zero-order valence-electron chi connectivity index (χ0n) is 11.2. The van der Waals surface area contributed by atoms with Crippen LogP contribution in [0.2, 0.25) is 0 Å². The van der Waals surface area contributed by atoms with E-state index in [2.05, 4.69) is 4.98 Å². The van der Waals surface area contributed by atoms with Crippen LogP contribution in [0.5, 0.6) is 0 Å². The predicted octanol–water partition coefficient (Wildman–Crippen LogP) is 2.46. The topological polar surface area (TPSA) is 30.0 Å². The van der Waals surface area contributed by atoms with Crippen molar-refractivity contribution in [2.24, 2.45) is 0 Å². The van der Waals surface area contributed by atoms with Crippen LogP contribution < -0.4 is 5.59 Å². The molecule has 0 aromatic carbocycles. The standard InChI is InChI=1S/C14H18BNO/c1-8(2)6-12(17)13-11(9(3)4)7-10(5)14(15)16-13/h6-7,9H,1-5H3. The van der Waals surface area contributed by atoms with Crippen molar-refractivity contribution in [1.29, 1.82) is 0 Å². The number of nitrogens with zero attached hydrogens (tertiary/aromatic N) is 1. The van der Waals surface area contributed by atoms with Crippen molar-refractivity contribution in [2.75, 3.05) is 0 Å². The number of allylic oxidation sites excluding steroid dienone is 2. The van der Waals surface area contributed by atoms with Gasteiger partial charge in [0, 0.05) is 0 Å². The Hall–Kier alpha value is -1.38. The van der Waals surface area contributed by atoms with Gasteiger partial charge in [-0.3, -0.25) is 9.78 Å². The zero-order valence-corrected chi connectivity index (χ0v) is 11.2. The van der Waals surface area contributed by atoms with E-state index in [1.807, 2.05) is 40.7 Å². The third-order valence-corrected chi connectivity index (χ3v) is 2.56. The molecular formula is C14H18BNO. The third kappa shape index (κ3) is 3.29. The van der Waals surface area contributed by atoms with Crippen molar-refractivity contribution in [3.63, 3.8) is 0 Å². The monoisotopic (exact) mass is 227 g/mol. The van der Waals surface area contributed by atoms with Gasteiger partial charge < -0.3 is 0 Å². The van der Waals surface area contributed by atoms with Crippen LogP contribution >= 0.6 is 0 Å². The molecule has 0 amide bonds. The predicted molar refractivity (Wildman–Crippen MR) is 72.2 cm³/mol. The molecule has 88 valence electrons. The van der Waals surface area contributed by atoms with Crippen LogP contribution in [0.4, 0.5) is 0 Å². The minimum Gasteiger partial charge on any atom is -0.288 e. The lowest BCUT2D eigenvalue weighted by Gasteiger charge is -2.13. The largest absolute Gasteiger partial charge is 0.288 e. The van der Waals surface area contributed by atoms with E-state index >= 15 is 0 Å². The molecule has 0 bridgehead atoms. The Labute approximate surface area is 105 Å². The van der Waals surface area contributed by atoms with E-state index in [0.717, 1.165) is 16.7 Å². The van der Waals surface area contributed by atoms with E-state index in [1.54, 1.807) is 6.08 Å². The lowest BCUT2D eigenvalue weighted by Crippen LogP contribution is -2.19. The van der Waals surface area contributed by atoms with Crippen LogP contribution in [0.15, 0.2) is 17.7 Å². The van der Waals surface area contributed by atoms with Crippen LogP contribution in [0, 0.1) is 6.92 Å². The normalized spacial score (nSPS) is 10.5. The Balaban J connectivity index is 3.36. The van der Waals surface area contributed by atoms with Gasteiger partial charge in [0.25, 0.3) is 0 Å². The van der Waals surface area contributed by atoms with Gasteiger partial charge in [-0.25, -0.2) is 0 Å². The van der Waals surface area contributed by atoms with E-state index < -0.39 is 0 Å². The highest BCUT2D eigenvalue weighted by Crippen LogP contribution is 2.19. The van der Waals surface area contributed by atoms with Crippen molar-refractivity contribution in [3.05, 3.63) is 34.5 Å². The fraction of sp³-hybridized carbons (Fsp3) is 0.429. The minimum absolute atomic E-state index is 0.0691. The summed E-state index contributed by atoms with van der Waals surface area (Å²) in [5.41, 5.74) is 3.75. The average Bonchev–Trinajstić information content (AvgIpc) is 2.19. The van der Waals surface area contributed by atoms with E-state index in [-0.39, 0.29) is 11.7 Å². The van der Waals surface area contributed by atoms with Crippen LogP contribution in [0.3, 0.4) is 0 Å². The summed E-state index contributed by atoms with van der Waals surface area (Å²) in [6, 6.07) is 1.96. The van der Waals surface area contributed by atoms with Gasteiger partial charge in [0.1, 0.15) is 13.5 Å². The second kappa shape index (κ2) is 5.30. The average molecular weight is 227 g/mol. The van der Waals surface area contributed by atoms with Crippen LogP contribution in [-0.2, 0) is 0 Å². The molecule has 3 heteroatoms. The number of aromatic nitrogens is 1. The molecule has 0 unspecified atom stereocenters. The highest BCUT2D eigenvalue weighted by molar-refractivity contribution is 6.32. The molecule has 1 aromatic heterocycles. The second-order valence-corrected chi connectivity index (χ2v) is 4.87. The van der Waals surface area contributed by atoms with E-state index in [0.29, 0.717) is 11.3 Å². The maximum absolute atomic E-state index is 12.0. The first kappa shape index (κ1) is 13.7. The molecular weight excluding hydrogens is 209 g/mol. The smallest absolute Gasteiger partial charge is 0.204 e. The number of rotatable bonds is 3. The second-order valence-electron chi connectivity index (χ2n) is 4.87. The van der Waals surface area contributed by atoms with Gasteiger partial charge in [-0.1, -0.05) is 25.5 Å². The first-order chi connectivity index (χ1) is 7.82. The zero-order chi connectivity index (χ0) is 13.2. The fourth-order valence-corrected chi connectivity index (χ4v) is 1.62. The molecule has 17 heavy (non-hydrogen) atoms. The summed E-state index contributed by atoms with van der Waals surface area (Å²) in [4.78, 5) is 16.3. The molecule has 0 aliphatic heterocycles. The molecule has 0 N–H and O–H groups in total. The van der Waals surface area contributed by atoms with E-state index in [9.17, 15) is 4.79 Å². The van der Waals surface area contributed by atoms with Gasteiger partial charge in [0.2, 0.25) is 5.78 Å². The molecule has 0 aliphatic rings. The highest BCUT2D eigenvalue weighted by Gasteiger charge is 2.15. The number of hydrogen-bond donors (Lipinski definition) is 0. The van der Waals surface area contributed by atoms with Crippen molar-refractivity contribution in [2.45, 2.75) is 40.5 Å². The highest BCUT2D eigenvalue weighted by atomic mass is 16.1. The Morgan fingerprint density at radius 2 is 2.00 bits per heavy atom. The van der Waals surface area contributed by atoms with Crippen LogP contribution in [0.25, 0.3) is 0 Å². The van der Waals surface area contributed by atoms with Gasteiger partial charge in [-0.05, 0) is 49.5 Å². The molecule has 0 spiro atoms. The maximum atomic E-state index is 12.0. The van der Waals surface area contributed by atoms with Crippen molar-refractivity contribution in [3.8, 4) is 0 Å². The first-order valence-electron chi connectivity index (χ1n) is 5.79. The summed E-state index contributed by atoms with van der Waals surface area (Å²) < 4.78 is 0. The number of aryl methyl sites for hydroxylation is 1. The molecule has 2 radical (unpaired) electrons. The van der Waals surface area contributed by atoms with Crippen LogP contribution in [-0.4, -0.2) is 18.6 Å². The summed E-state index contributed by atoms with van der Waals surface area (Å²) in [7, 11) is 5.77. The Kier molecular flexibility index (Phi) is 4.27. The minimum atomic E-state index is -0.0691. The number of ketones is 1. The summed E-state index contributed by atoms with van der Waals surface area (Å²) in [5, 5.41) is 0. The SMILES string of the molecule is [B]c1nc(C(=O)C=C(C)C)c(C(C)C)cc1C. The van der Waals surface area contributed by atoms with Gasteiger partial charge >= 0.3 is 0 Å². The van der Waals surface area contributed by atoms with Crippen molar-refractivity contribution in [1.82, 2.24) is 4.98 Å². The van der Waals surface area contributed by atoms with Crippen molar-refractivity contribution < 1.29 is 4.79 Å². The van der Waals surface area contributed by atoms with E-state index in [1.165, 1.54) is 0 Å². The van der Waals surface area contributed by atoms with Gasteiger partial charge in [0.05, 0.1) is 0 Å². The summed E-state index contributed by atoms with van der Waals surface area (Å²) >= 11 is 0. The van der Waals surface area contributed by atoms with E-state index in [4.69, 9.17) is 7.85 Å². The van der Waals surface area contributed by atoms with Gasteiger partial charge in [-0.2, -0.15) is 0 Å². The number of carbonyl (C=O) groups excluding carboxylic acids is 1. The molecule has 0 saturated heterocycles. The molecule has 0 atom stereocenters. The lowest BCUT2D eigenvalue weighted by atomic mass is 9.91. The molecule has 0 fully saturated rings. The number of carbonyl (C=O) groups is 1. The molecule has 0 aliphatic carbocycles. The van der Waals surface area contributed by atoms with Gasteiger partial charge in [0.15, 0.2) is 0 Å². The molecule has 1 aromatic rings. The van der Waals surface area contributed by atoms with Crippen molar-refractivity contribution >= 4 is 19.2 Å². The van der Waals surface area contributed by atoms with Crippen LogP contribution in [0.1, 0.15) is 55.2 Å². The van der Waals surface area contributed by atoms with Gasteiger partial charge in [-0.15, -0.1) is 0 Å². The maximum Gasteiger partial charge on any atom is 0.204 e. The summed E-state index contributed by atoms with van der Waals surface area (Å²) in [6.45, 7) is 9.79. The first-order valence-corrected chi connectivity index (χ1v) is 5.79. The molecule has 1 rings (SSSR count). The molecule has 1 heterocycles. The Morgan fingerprint density at radius 3 is 2.47 bits per heavy atom. The Morgan fingerprint density at radius 1 is 1.41 bits per heavy atom. The Bertz CT molecular complexity index is 471. The lowest BCUT2D eigenvalue weighted by molar-refractivity contribution is 0.104. The summed E-state index contributed by atoms with van der Waals surface area (Å²) in [6.07, 6.45) is 1.60. The number of pyridine rings is 1. The molecule has 0 saturated carbocycles. The third-order valence-electron chi connectivity index (χ3n) is 2.56. The quantitative estimate of drug-likeness (QED) is 0.451. The fourth-order valence-electron chi connectivity index (χ4n) is 1.62.